The Kier molecular flexibility index (Phi) is 6.54. The van der Waals surface area contributed by atoms with Gasteiger partial charge in [0.15, 0.2) is 0 Å². The second-order valence-electron chi connectivity index (χ2n) is 4.00. The number of hydrogen-bond donors (Lipinski definition) is 1. The molecule has 19 heavy (non-hydrogen) atoms. The van der Waals surface area contributed by atoms with E-state index in [4.69, 9.17) is 23.2 Å². The fourth-order valence-electron chi connectivity index (χ4n) is 1.60. The Bertz CT molecular complexity index is 500. The van der Waals surface area contributed by atoms with Crippen molar-refractivity contribution in [1.82, 2.24) is 5.32 Å². The van der Waals surface area contributed by atoms with E-state index in [0.717, 1.165) is 30.2 Å². The van der Waals surface area contributed by atoms with Crippen molar-refractivity contribution in [3.05, 3.63) is 50.6 Å². The number of thiophene rings is 1. The van der Waals surface area contributed by atoms with Crippen molar-refractivity contribution in [2.24, 2.45) is 0 Å². The Labute approximate surface area is 132 Å². The van der Waals surface area contributed by atoms with Crippen molar-refractivity contribution in [1.29, 1.82) is 0 Å². The Morgan fingerprint density at radius 3 is 2.74 bits per heavy atom. The van der Waals surface area contributed by atoms with Crippen LogP contribution in [0.1, 0.15) is 4.88 Å². The Morgan fingerprint density at radius 2 is 2.00 bits per heavy atom. The maximum atomic E-state index is 5.97. The topological polar surface area (TPSA) is 12.0 Å². The molecular formula is C14H15Cl2NS2. The van der Waals surface area contributed by atoms with Crippen LogP contribution < -0.4 is 5.32 Å². The van der Waals surface area contributed by atoms with E-state index in [1.54, 1.807) is 11.8 Å². The Morgan fingerprint density at radius 1 is 1.11 bits per heavy atom. The molecule has 0 saturated heterocycles. The molecule has 0 radical (unpaired) electrons. The van der Waals surface area contributed by atoms with Crippen LogP contribution >= 0.6 is 46.3 Å². The van der Waals surface area contributed by atoms with E-state index in [9.17, 15) is 0 Å². The lowest BCUT2D eigenvalue weighted by molar-refractivity contribution is 0.725. The first-order chi connectivity index (χ1) is 9.25. The Balaban J connectivity index is 1.60. The van der Waals surface area contributed by atoms with Crippen LogP contribution in [0.4, 0.5) is 0 Å². The molecule has 1 N–H and O–H groups in total. The molecule has 0 amide bonds. The molecule has 0 aliphatic heterocycles. The Hall–Kier alpha value is -0.190. The van der Waals surface area contributed by atoms with Gasteiger partial charge in [0.1, 0.15) is 0 Å². The zero-order valence-corrected chi connectivity index (χ0v) is 13.5. The molecule has 0 atom stereocenters. The van der Waals surface area contributed by atoms with Gasteiger partial charge in [0.05, 0.1) is 10.0 Å². The van der Waals surface area contributed by atoms with Crippen LogP contribution in [0.2, 0.25) is 10.0 Å². The monoisotopic (exact) mass is 331 g/mol. The summed E-state index contributed by atoms with van der Waals surface area (Å²) in [7, 11) is 0. The van der Waals surface area contributed by atoms with Gasteiger partial charge in [-0.1, -0.05) is 29.3 Å². The molecule has 2 rings (SSSR count). The van der Waals surface area contributed by atoms with Crippen molar-refractivity contribution < 1.29 is 0 Å². The van der Waals surface area contributed by atoms with Gasteiger partial charge in [-0.15, -0.1) is 23.1 Å². The molecular weight excluding hydrogens is 317 g/mol. The van der Waals surface area contributed by atoms with E-state index in [2.05, 4.69) is 22.8 Å². The zero-order valence-electron chi connectivity index (χ0n) is 10.4. The summed E-state index contributed by atoms with van der Waals surface area (Å²) in [5.74, 6) is 1.03. The number of hydrogen-bond acceptors (Lipinski definition) is 3. The molecule has 0 aliphatic carbocycles. The standard InChI is InChI=1S/C14H15Cl2NS2/c15-13-4-3-12(10-14(13)16)19-9-7-17-6-5-11-2-1-8-18-11/h1-4,8,10,17H,5-7,9H2. The summed E-state index contributed by atoms with van der Waals surface area (Å²) in [5, 5.41) is 6.80. The summed E-state index contributed by atoms with van der Waals surface area (Å²) in [6.45, 7) is 2.03. The van der Waals surface area contributed by atoms with E-state index in [0.29, 0.717) is 10.0 Å². The van der Waals surface area contributed by atoms with E-state index < -0.39 is 0 Å². The molecule has 0 bridgehead atoms. The van der Waals surface area contributed by atoms with Crippen molar-refractivity contribution in [3.8, 4) is 0 Å². The second-order valence-corrected chi connectivity index (χ2v) is 7.02. The molecule has 0 spiro atoms. The fourth-order valence-corrected chi connectivity index (χ4v) is 3.52. The SMILES string of the molecule is Clc1ccc(SCCNCCc2cccs2)cc1Cl. The van der Waals surface area contributed by atoms with Gasteiger partial charge in [-0.3, -0.25) is 0 Å². The molecule has 1 heterocycles. The molecule has 0 aliphatic rings. The fraction of sp³-hybridized carbons (Fsp3) is 0.286. The van der Waals surface area contributed by atoms with Crippen LogP contribution in [0.5, 0.6) is 0 Å². The molecule has 1 nitrogen and oxygen atoms in total. The lowest BCUT2D eigenvalue weighted by Crippen LogP contribution is -2.19. The summed E-state index contributed by atoms with van der Waals surface area (Å²) in [6.07, 6.45) is 1.11. The largest absolute Gasteiger partial charge is 0.316 e. The van der Waals surface area contributed by atoms with Crippen LogP contribution in [0.25, 0.3) is 0 Å². The molecule has 102 valence electrons. The highest BCUT2D eigenvalue weighted by Crippen LogP contribution is 2.27. The molecule has 0 saturated carbocycles. The minimum atomic E-state index is 0.611. The first-order valence-electron chi connectivity index (χ1n) is 6.06. The van der Waals surface area contributed by atoms with E-state index >= 15 is 0 Å². The lowest BCUT2D eigenvalue weighted by atomic mass is 10.3. The zero-order chi connectivity index (χ0) is 13.5. The average molecular weight is 332 g/mol. The van der Waals surface area contributed by atoms with Crippen LogP contribution in [0, 0.1) is 0 Å². The van der Waals surface area contributed by atoms with Gasteiger partial charge in [-0.25, -0.2) is 0 Å². The number of rotatable bonds is 7. The summed E-state index contributed by atoms with van der Waals surface area (Å²) in [6, 6.07) is 10.0. The van der Waals surface area contributed by atoms with Gasteiger partial charge in [-0.2, -0.15) is 0 Å². The summed E-state index contributed by atoms with van der Waals surface area (Å²) < 4.78 is 0. The third kappa shape index (κ3) is 5.36. The lowest BCUT2D eigenvalue weighted by Gasteiger charge is -2.05. The van der Waals surface area contributed by atoms with E-state index in [1.807, 2.05) is 29.5 Å². The van der Waals surface area contributed by atoms with E-state index in [1.165, 1.54) is 4.88 Å². The van der Waals surface area contributed by atoms with Crippen molar-refractivity contribution in [3.63, 3.8) is 0 Å². The first-order valence-corrected chi connectivity index (χ1v) is 8.69. The highest BCUT2D eigenvalue weighted by molar-refractivity contribution is 7.99. The van der Waals surface area contributed by atoms with Crippen LogP contribution in [-0.2, 0) is 6.42 Å². The molecule has 0 fully saturated rings. The van der Waals surface area contributed by atoms with Gasteiger partial charge in [-0.05, 0) is 42.6 Å². The molecule has 5 heteroatoms. The van der Waals surface area contributed by atoms with Gasteiger partial charge in [0, 0.05) is 22.1 Å². The number of halogens is 2. The normalized spacial score (nSPS) is 10.8. The molecule has 0 unspecified atom stereocenters. The van der Waals surface area contributed by atoms with Gasteiger partial charge >= 0.3 is 0 Å². The van der Waals surface area contributed by atoms with Gasteiger partial charge < -0.3 is 5.32 Å². The highest BCUT2D eigenvalue weighted by Gasteiger charge is 2.00. The first kappa shape index (κ1) is 15.2. The predicted octanol–water partition coefficient (Wildman–Crippen LogP) is 4.98. The van der Waals surface area contributed by atoms with Gasteiger partial charge in [0.25, 0.3) is 0 Å². The van der Waals surface area contributed by atoms with Crippen LogP contribution in [-0.4, -0.2) is 18.8 Å². The quantitative estimate of drug-likeness (QED) is 0.567. The molecule has 1 aromatic carbocycles. The van der Waals surface area contributed by atoms with Crippen LogP contribution in [0.3, 0.4) is 0 Å². The smallest absolute Gasteiger partial charge is 0.0603 e. The summed E-state index contributed by atoms with van der Waals surface area (Å²) in [4.78, 5) is 2.60. The second kappa shape index (κ2) is 8.18. The van der Waals surface area contributed by atoms with Crippen molar-refractivity contribution in [2.45, 2.75) is 11.3 Å². The van der Waals surface area contributed by atoms with Crippen molar-refractivity contribution >= 4 is 46.3 Å². The third-order valence-electron chi connectivity index (χ3n) is 2.57. The number of benzene rings is 1. The minimum absolute atomic E-state index is 0.611. The highest BCUT2D eigenvalue weighted by atomic mass is 35.5. The predicted molar refractivity (Wildman–Crippen MR) is 88.1 cm³/mol. The van der Waals surface area contributed by atoms with Crippen molar-refractivity contribution in [2.75, 3.05) is 18.8 Å². The van der Waals surface area contributed by atoms with Gasteiger partial charge in [0.2, 0.25) is 0 Å². The average Bonchev–Trinajstić information content (AvgIpc) is 2.91. The maximum Gasteiger partial charge on any atom is 0.0603 e. The van der Waals surface area contributed by atoms with Crippen LogP contribution in [0.15, 0.2) is 40.6 Å². The third-order valence-corrected chi connectivity index (χ3v) is 5.24. The maximum absolute atomic E-state index is 5.97. The molecule has 1 aromatic heterocycles. The number of thioether (sulfide) groups is 1. The minimum Gasteiger partial charge on any atom is -0.316 e. The van der Waals surface area contributed by atoms with E-state index in [-0.39, 0.29) is 0 Å². The summed E-state index contributed by atoms with van der Waals surface area (Å²) >= 11 is 15.5. The number of nitrogens with one attached hydrogen (secondary N) is 1. The molecule has 2 aromatic rings. The summed E-state index contributed by atoms with van der Waals surface area (Å²) in [5.41, 5.74) is 0.